The van der Waals surface area contributed by atoms with Crippen LogP contribution in [-0.2, 0) is 0 Å². The summed E-state index contributed by atoms with van der Waals surface area (Å²) >= 11 is 0. The van der Waals surface area contributed by atoms with Gasteiger partial charge in [-0.1, -0.05) is 0 Å². The third kappa shape index (κ3) is 2.88. The fourth-order valence-electron chi connectivity index (χ4n) is 2.24. The molecule has 1 aromatic rings. The van der Waals surface area contributed by atoms with Crippen molar-refractivity contribution in [3.63, 3.8) is 0 Å². The van der Waals surface area contributed by atoms with Crippen LogP contribution in [0.2, 0.25) is 0 Å². The van der Waals surface area contributed by atoms with Gasteiger partial charge in [0, 0.05) is 12.0 Å². The zero-order valence-corrected chi connectivity index (χ0v) is 9.62. The Morgan fingerprint density at radius 1 is 1.29 bits per heavy atom. The number of benzene rings is 1. The summed E-state index contributed by atoms with van der Waals surface area (Å²) < 4.78 is 13.1. The molecule has 3 nitrogen and oxygen atoms in total. The first kappa shape index (κ1) is 11.7. The lowest BCUT2D eigenvalue weighted by Gasteiger charge is -2.27. The molecule has 1 aliphatic rings. The van der Waals surface area contributed by atoms with E-state index in [1.54, 1.807) is 6.07 Å². The molecule has 4 heteroatoms. The number of rotatable bonds is 2. The van der Waals surface area contributed by atoms with Crippen LogP contribution in [-0.4, -0.2) is 6.04 Å². The molecule has 0 atom stereocenters. The zero-order valence-electron chi connectivity index (χ0n) is 9.62. The number of hydrogen-bond acceptors (Lipinski definition) is 3. The number of nitriles is 1. The van der Waals surface area contributed by atoms with Gasteiger partial charge in [-0.25, -0.2) is 4.39 Å². The van der Waals surface area contributed by atoms with Gasteiger partial charge in [0.2, 0.25) is 0 Å². The van der Waals surface area contributed by atoms with E-state index in [1.807, 2.05) is 0 Å². The van der Waals surface area contributed by atoms with Crippen LogP contribution in [0.1, 0.15) is 25.7 Å². The first-order chi connectivity index (χ1) is 8.19. The molecule has 90 valence electrons. The fourth-order valence-corrected chi connectivity index (χ4v) is 2.24. The van der Waals surface area contributed by atoms with Crippen LogP contribution in [0.5, 0.6) is 0 Å². The highest BCUT2D eigenvalue weighted by Crippen LogP contribution is 2.28. The highest BCUT2D eigenvalue weighted by Gasteiger charge is 2.21. The molecule has 0 aromatic heterocycles. The van der Waals surface area contributed by atoms with Gasteiger partial charge in [0.1, 0.15) is 5.82 Å². The third-order valence-electron chi connectivity index (χ3n) is 3.28. The van der Waals surface area contributed by atoms with E-state index in [4.69, 9.17) is 11.0 Å². The average Bonchev–Trinajstić information content (AvgIpc) is 2.35. The van der Waals surface area contributed by atoms with E-state index >= 15 is 0 Å². The molecule has 0 aliphatic heterocycles. The van der Waals surface area contributed by atoms with Gasteiger partial charge in [0.25, 0.3) is 0 Å². The normalized spacial score (nSPS) is 24.0. The molecule has 0 heterocycles. The van der Waals surface area contributed by atoms with Crippen molar-refractivity contribution < 1.29 is 4.39 Å². The summed E-state index contributed by atoms with van der Waals surface area (Å²) in [4.78, 5) is 0. The molecule has 3 N–H and O–H groups in total. The lowest BCUT2D eigenvalue weighted by Crippen LogP contribution is -2.26. The minimum absolute atomic E-state index is 0.179. The number of halogens is 1. The Bertz CT molecular complexity index is 431. The molecule has 1 saturated carbocycles. The fraction of sp³-hybridized carbons (Fsp3) is 0.462. The largest absolute Gasteiger partial charge is 0.397 e. The first-order valence-corrected chi connectivity index (χ1v) is 5.90. The van der Waals surface area contributed by atoms with E-state index in [-0.39, 0.29) is 11.7 Å². The smallest absolute Gasteiger partial charge is 0.125 e. The molecule has 0 amide bonds. The SMILES string of the molecule is N#C[C@H]1CC[C@H](Nc2cc(F)ccc2N)CC1. The quantitative estimate of drug-likeness (QED) is 0.772. The summed E-state index contributed by atoms with van der Waals surface area (Å²) in [6, 6.07) is 6.94. The van der Waals surface area contributed by atoms with Gasteiger partial charge in [-0.05, 0) is 43.9 Å². The van der Waals surface area contributed by atoms with E-state index in [0.29, 0.717) is 17.4 Å². The average molecular weight is 233 g/mol. The van der Waals surface area contributed by atoms with Crippen LogP contribution in [0.3, 0.4) is 0 Å². The third-order valence-corrected chi connectivity index (χ3v) is 3.28. The lowest BCUT2D eigenvalue weighted by atomic mass is 9.87. The van der Waals surface area contributed by atoms with Gasteiger partial charge < -0.3 is 11.1 Å². The monoisotopic (exact) mass is 233 g/mol. The van der Waals surface area contributed by atoms with E-state index in [0.717, 1.165) is 25.7 Å². The number of nitrogen functional groups attached to an aromatic ring is 1. The molecule has 17 heavy (non-hydrogen) atoms. The van der Waals surface area contributed by atoms with Gasteiger partial charge >= 0.3 is 0 Å². The lowest BCUT2D eigenvalue weighted by molar-refractivity contribution is 0.397. The second-order valence-corrected chi connectivity index (χ2v) is 4.55. The highest BCUT2D eigenvalue weighted by molar-refractivity contribution is 5.66. The Morgan fingerprint density at radius 3 is 2.65 bits per heavy atom. The number of nitrogens with two attached hydrogens (primary N) is 1. The molecular weight excluding hydrogens is 217 g/mol. The maximum Gasteiger partial charge on any atom is 0.125 e. The standard InChI is InChI=1S/C13H16FN3/c14-10-3-6-12(16)13(7-10)17-11-4-1-9(8-15)2-5-11/h3,6-7,9,11,17H,1-2,4-5,16H2/t9-,11-. The molecule has 0 saturated heterocycles. The summed E-state index contributed by atoms with van der Waals surface area (Å²) in [6.07, 6.45) is 3.69. The molecule has 2 rings (SSSR count). The summed E-state index contributed by atoms with van der Waals surface area (Å²) in [5.41, 5.74) is 7.00. The molecule has 1 aliphatic carbocycles. The van der Waals surface area contributed by atoms with Gasteiger partial charge in [0.05, 0.1) is 17.4 Å². The van der Waals surface area contributed by atoms with E-state index < -0.39 is 0 Å². The molecule has 1 fully saturated rings. The van der Waals surface area contributed by atoms with E-state index in [1.165, 1.54) is 12.1 Å². The second kappa shape index (κ2) is 5.05. The van der Waals surface area contributed by atoms with Crippen molar-refractivity contribution in [2.24, 2.45) is 5.92 Å². The van der Waals surface area contributed by atoms with Crippen LogP contribution in [0.4, 0.5) is 15.8 Å². The number of nitrogens with zero attached hydrogens (tertiary/aromatic N) is 1. The van der Waals surface area contributed by atoms with Crippen molar-refractivity contribution in [3.05, 3.63) is 24.0 Å². The Labute approximate surface area is 100 Å². The molecular formula is C13H16FN3. The van der Waals surface area contributed by atoms with Crippen molar-refractivity contribution in [1.29, 1.82) is 5.26 Å². The highest BCUT2D eigenvalue weighted by atomic mass is 19.1. The van der Waals surface area contributed by atoms with Gasteiger partial charge in [-0.3, -0.25) is 0 Å². The summed E-state index contributed by atoms with van der Waals surface area (Å²) in [6.45, 7) is 0. The minimum atomic E-state index is -0.285. The van der Waals surface area contributed by atoms with Crippen LogP contribution < -0.4 is 11.1 Å². The molecule has 0 spiro atoms. The minimum Gasteiger partial charge on any atom is -0.397 e. The van der Waals surface area contributed by atoms with Crippen molar-refractivity contribution in [1.82, 2.24) is 0 Å². The maximum absolute atomic E-state index is 13.1. The predicted octanol–water partition coefficient (Wildman–Crippen LogP) is 2.90. The van der Waals surface area contributed by atoms with Gasteiger partial charge in [-0.15, -0.1) is 0 Å². The Hall–Kier alpha value is -1.76. The topological polar surface area (TPSA) is 61.8 Å². The number of hydrogen-bond donors (Lipinski definition) is 2. The number of nitrogens with one attached hydrogen (secondary N) is 1. The van der Waals surface area contributed by atoms with Crippen molar-refractivity contribution in [3.8, 4) is 6.07 Å². The van der Waals surface area contributed by atoms with Gasteiger partial charge in [0.15, 0.2) is 0 Å². The molecule has 0 radical (unpaired) electrons. The summed E-state index contributed by atoms with van der Waals surface area (Å²) in [5, 5.41) is 12.1. The summed E-state index contributed by atoms with van der Waals surface area (Å²) in [5.74, 6) is -0.106. The van der Waals surface area contributed by atoms with Crippen LogP contribution in [0, 0.1) is 23.1 Å². The Kier molecular flexibility index (Phi) is 3.48. The van der Waals surface area contributed by atoms with Crippen molar-refractivity contribution >= 4 is 11.4 Å². The molecule has 0 bridgehead atoms. The zero-order chi connectivity index (χ0) is 12.3. The van der Waals surface area contributed by atoms with E-state index in [9.17, 15) is 4.39 Å². The van der Waals surface area contributed by atoms with E-state index in [2.05, 4.69) is 11.4 Å². The van der Waals surface area contributed by atoms with Crippen LogP contribution in [0.15, 0.2) is 18.2 Å². The number of anilines is 2. The predicted molar refractivity (Wildman–Crippen MR) is 65.8 cm³/mol. The van der Waals surface area contributed by atoms with Crippen LogP contribution in [0.25, 0.3) is 0 Å². The van der Waals surface area contributed by atoms with Crippen molar-refractivity contribution in [2.75, 3.05) is 11.1 Å². The summed E-state index contributed by atoms with van der Waals surface area (Å²) in [7, 11) is 0. The Balaban J connectivity index is 1.98. The molecule has 1 aromatic carbocycles. The van der Waals surface area contributed by atoms with Gasteiger partial charge in [-0.2, -0.15) is 5.26 Å². The molecule has 0 unspecified atom stereocenters. The van der Waals surface area contributed by atoms with Crippen LogP contribution >= 0.6 is 0 Å². The second-order valence-electron chi connectivity index (χ2n) is 4.55. The van der Waals surface area contributed by atoms with Crippen molar-refractivity contribution in [2.45, 2.75) is 31.7 Å². The Morgan fingerprint density at radius 2 is 2.00 bits per heavy atom. The maximum atomic E-state index is 13.1. The first-order valence-electron chi connectivity index (χ1n) is 5.90.